The second-order valence-electron chi connectivity index (χ2n) is 7.53. The molecule has 2 N–H and O–H groups in total. The lowest BCUT2D eigenvalue weighted by Crippen LogP contribution is -2.65. The first kappa shape index (κ1) is 15.1. The summed E-state index contributed by atoms with van der Waals surface area (Å²) in [5, 5.41) is 19.4. The SMILES string of the molecule is C=C(C)C(=O)OC12CC3CC(C(=O)O)(C1)CC(C(=O)O)(C3)C2. The number of hydrogen-bond acceptors (Lipinski definition) is 4. The van der Waals surface area contributed by atoms with E-state index in [9.17, 15) is 24.6 Å². The molecule has 0 spiro atoms. The van der Waals surface area contributed by atoms with Crippen LogP contribution in [0.3, 0.4) is 0 Å². The molecule has 0 aromatic heterocycles. The number of carboxylic acid groups (broad SMARTS) is 2. The fourth-order valence-corrected chi connectivity index (χ4v) is 5.22. The Morgan fingerprint density at radius 1 is 1.00 bits per heavy atom. The lowest BCUT2D eigenvalue weighted by molar-refractivity contribution is -0.230. The Hall–Kier alpha value is -1.85. The van der Waals surface area contributed by atoms with E-state index in [0.29, 0.717) is 19.3 Å². The molecular formula is C16H20O6. The number of carbonyl (C=O) groups is 3. The van der Waals surface area contributed by atoms with E-state index < -0.39 is 34.3 Å². The van der Waals surface area contributed by atoms with E-state index in [1.165, 1.54) is 6.92 Å². The fourth-order valence-electron chi connectivity index (χ4n) is 5.22. The van der Waals surface area contributed by atoms with Gasteiger partial charge < -0.3 is 14.9 Å². The molecule has 0 radical (unpaired) electrons. The molecule has 4 fully saturated rings. The van der Waals surface area contributed by atoms with Crippen molar-refractivity contribution in [3.05, 3.63) is 12.2 Å². The summed E-state index contributed by atoms with van der Waals surface area (Å²) in [6.07, 6.45) is 2.05. The lowest BCUT2D eigenvalue weighted by Gasteiger charge is -2.62. The highest BCUT2D eigenvalue weighted by molar-refractivity contribution is 5.88. The molecule has 0 aliphatic heterocycles. The molecule has 4 aliphatic carbocycles. The van der Waals surface area contributed by atoms with Crippen LogP contribution in [0.1, 0.15) is 45.4 Å². The van der Waals surface area contributed by atoms with E-state index in [1.54, 1.807) is 0 Å². The van der Waals surface area contributed by atoms with Gasteiger partial charge in [-0.2, -0.15) is 0 Å². The third-order valence-corrected chi connectivity index (χ3v) is 5.58. The lowest BCUT2D eigenvalue weighted by atomic mass is 9.42. The molecule has 120 valence electrons. The van der Waals surface area contributed by atoms with Gasteiger partial charge in [-0.05, 0) is 38.5 Å². The highest BCUT2D eigenvalue weighted by atomic mass is 16.6. The summed E-state index contributed by atoms with van der Waals surface area (Å²) < 4.78 is 5.60. The molecule has 22 heavy (non-hydrogen) atoms. The van der Waals surface area contributed by atoms with Gasteiger partial charge in [0, 0.05) is 18.4 Å². The zero-order chi connectivity index (χ0) is 16.3. The van der Waals surface area contributed by atoms with Crippen LogP contribution in [0.2, 0.25) is 0 Å². The summed E-state index contributed by atoms with van der Waals surface area (Å²) in [5.41, 5.74) is -2.92. The van der Waals surface area contributed by atoms with E-state index in [-0.39, 0.29) is 30.8 Å². The van der Waals surface area contributed by atoms with Crippen LogP contribution < -0.4 is 0 Å². The van der Waals surface area contributed by atoms with Crippen LogP contribution in [0.4, 0.5) is 0 Å². The van der Waals surface area contributed by atoms with Crippen molar-refractivity contribution in [2.24, 2.45) is 16.7 Å². The first-order chi connectivity index (χ1) is 10.1. The molecule has 0 aromatic carbocycles. The van der Waals surface area contributed by atoms with Gasteiger partial charge >= 0.3 is 17.9 Å². The van der Waals surface area contributed by atoms with Gasteiger partial charge in [0.1, 0.15) is 5.60 Å². The standard InChI is InChI=1S/C16H20O6/c1-9(2)11(17)22-16-5-10-3-14(7-16,12(18)19)6-15(4-10,8-16)13(20)21/h10H,1,3-8H2,2H3,(H,18,19)(H,20,21). The predicted octanol–water partition coefficient (Wildman–Crippen LogP) is 1.98. The molecule has 0 saturated heterocycles. The van der Waals surface area contributed by atoms with Gasteiger partial charge in [-0.3, -0.25) is 9.59 Å². The minimum atomic E-state index is -1.09. The number of ether oxygens (including phenoxy) is 1. The van der Waals surface area contributed by atoms with E-state index in [2.05, 4.69) is 6.58 Å². The first-order valence-electron chi connectivity index (χ1n) is 7.48. The first-order valence-corrected chi connectivity index (χ1v) is 7.48. The average molecular weight is 308 g/mol. The Bertz CT molecular complexity index is 561. The van der Waals surface area contributed by atoms with Crippen molar-refractivity contribution in [3.8, 4) is 0 Å². The molecule has 2 atom stereocenters. The molecule has 2 unspecified atom stereocenters. The smallest absolute Gasteiger partial charge is 0.333 e. The van der Waals surface area contributed by atoms with Gasteiger partial charge in [-0.15, -0.1) is 0 Å². The molecule has 0 heterocycles. The van der Waals surface area contributed by atoms with Crippen molar-refractivity contribution in [1.29, 1.82) is 0 Å². The fraction of sp³-hybridized carbons (Fsp3) is 0.688. The van der Waals surface area contributed by atoms with Crippen LogP contribution in [0.5, 0.6) is 0 Å². The van der Waals surface area contributed by atoms with Crippen molar-refractivity contribution < 1.29 is 29.3 Å². The summed E-state index contributed by atoms with van der Waals surface area (Å²) in [7, 11) is 0. The van der Waals surface area contributed by atoms with Crippen molar-refractivity contribution in [3.63, 3.8) is 0 Å². The maximum atomic E-state index is 12.0. The van der Waals surface area contributed by atoms with Crippen LogP contribution in [-0.2, 0) is 19.1 Å². The normalized spacial score (nSPS) is 42.0. The summed E-state index contributed by atoms with van der Waals surface area (Å²) in [6.45, 7) is 5.08. The number of carbonyl (C=O) groups excluding carboxylic acids is 1. The van der Waals surface area contributed by atoms with Crippen molar-refractivity contribution in [2.45, 2.75) is 51.0 Å². The Morgan fingerprint density at radius 3 is 1.91 bits per heavy atom. The maximum absolute atomic E-state index is 12.0. The number of esters is 1. The predicted molar refractivity (Wildman–Crippen MR) is 75.0 cm³/mol. The van der Waals surface area contributed by atoms with Gasteiger partial charge in [0.25, 0.3) is 0 Å². The van der Waals surface area contributed by atoms with E-state index >= 15 is 0 Å². The van der Waals surface area contributed by atoms with Gasteiger partial charge in [0.15, 0.2) is 0 Å². The Kier molecular flexibility index (Phi) is 2.97. The third-order valence-electron chi connectivity index (χ3n) is 5.58. The monoisotopic (exact) mass is 308 g/mol. The molecule has 4 saturated carbocycles. The van der Waals surface area contributed by atoms with Crippen LogP contribution in [0.25, 0.3) is 0 Å². The minimum absolute atomic E-state index is 0.0265. The zero-order valence-electron chi connectivity index (χ0n) is 12.6. The van der Waals surface area contributed by atoms with Crippen LogP contribution in [-0.4, -0.2) is 33.7 Å². The molecule has 4 aliphatic rings. The molecule has 0 aromatic rings. The number of aliphatic carboxylic acids is 2. The van der Waals surface area contributed by atoms with Gasteiger partial charge in [-0.1, -0.05) is 6.58 Å². The van der Waals surface area contributed by atoms with Gasteiger partial charge in [-0.25, -0.2) is 4.79 Å². The largest absolute Gasteiger partial charge is 0.481 e. The highest BCUT2D eigenvalue weighted by Gasteiger charge is 2.69. The number of carboxylic acids is 2. The second kappa shape index (κ2) is 4.33. The summed E-state index contributed by atoms with van der Waals surface area (Å²) in [5.74, 6) is -2.54. The number of rotatable bonds is 4. The number of hydrogen-bond donors (Lipinski definition) is 2. The summed E-state index contributed by atoms with van der Waals surface area (Å²) >= 11 is 0. The van der Waals surface area contributed by atoms with Crippen molar-refractivity contribution >= 4 is 17.9 Å². The van der Waals surface area contributed by atoms with Crippen LogP contribution >= 0.6 is 0 Å². The molecule has 0 amide bonds. The maximum Gasteiger partial charge on any atom is 0.333 e. The Balaban J connectivity index is 2.02. The highest BCUT2D eigenvalue weighted by Crippen LogP contribution is 2.67. The summed E-state index contributed by atoms with van der Waals surface area (Å²) in [6, 6.07) is 0. The quantitative estimate of drug-likeness (QED) is 0.608. The third kappa shape index (κ3) is 1.96. The summed E-state index contributed by atoms with van der Waals surface area (Å²) in [4.78, 5) is 35.6. The van der Waals surface area contributed by atoms with Crippen LogP contribution in [0, 0.1) is 16.7 Å². The van der Waals surface area contributed by atoms with E-state index in [1.807, 2.05) is 0 Å². The van der Waals surface area contributed by atoms with E-state index in [0.717, 1.165) is 0 Å². The van der Waals surface area contributed by atoms with Crippen molar-refractivity contribution in [1.82, 2.24) is 0 Å². The van der Waals surface area contributed by atoms with Crippen molar-refractivity contribution in [2.75, 3.05) is 0 Å². The van der Waals surface area contributed by atoms with Crippen LogP contribution in [0.15, 0.2) is 12.2 Å². The minimum Gasteiger partial charge on any atom is -0.481 e. The Morgan fingerprint density at radius 2 is 1.50 bits per heavy atom. The molecular weight excluding hydrogens is 288 g/mol. The second-order valence-corrected chi connectivity index (χ2v) is 7.53. The Labute approximate surface area is 128 Å². The van der Waals surface area contributed by atoms with Gasteiger partial charge in [0.05, 0.1) is 10.8 Å². The average Bonchev–Trinajstić information content (AvgIpc) is 2.35. The zero-order valence-corrected chi connectivity index (χ0v) is 12.6. The molecule has 6 nitrogen and oxygen atoms in total. The van der Waals surface area contributed by atoms with E-state index in [4.69, 9.17) is 4.74 Å². The topological polar surface area (TPSA) is 101 Å². The molecule has 6 heteroatoms. The van der Waals surface area contributed by atoms with Gasteiger partial charge in [0.2, 0.25) is 0 Å². The molecule has 4 bridgehead atoms. The molecule has 4 rings (SSSR count).